The molecule has 0 aromatic heterocycles. The molecule has 0 heterocycles. The van der Waals surface area contributed by atoms with Gasteiger partial charge in [-0.1, -0.05) is 31.9 Å². The molecule has 0 rings (SSSR count). The minimum absolute atomic E-state index is 0.235. The summed E-state index contributed by atoms with van der Waals surface area (Å²) in [5, 5.41) is 0. The first-order chi connectivity index (χ1) is 8.52. The molecule has 1 atom stereocenters. The van der Waals surface area contributed by atoms with Gasteiger partial charge in [-0.15, -0.1) is 0 Å². The average molecular weight is 316 g/mol. The second-order valence-electron chi connectivity index (χ2n) is 4.67. The van der Waals surface area contributed by atoms with Gasteiger partial charge >= 0.3 is 15.6 Å². The molecule has 19 heavy (non-hydrogen) atoms. The molecule has 0 aliphatic heterocycles. The summed E-state index contributed by atoms with van der Waals surface area (Å²) in [6, 6.07) is 0. The summed E-state index contributed by atoms with van der Waals surface area (Å²) >= 11 is 0. The lowest BCUT2D eigenvalue weighted by Gasteiger charge is -2.11. The Labute approximate surface area is 113 Å². The molecule has 0 aliphatic carbocycles. The Morgan fingerprint density at radius 3 is 2.32 bits per heavy atom. The molecule has 114 valence electrons. The van der Waals surface area contributed by atoms with Gasteiger partial charge in [-0.25, -0.2) is 9.13 Å². The van der Waals surface area contributed by atoms with Gasteiger partial charge in [0.25, 0.3) is 0 Å². The zero-order valence-electron chi connectivity index (χ0n) is 11.4. The van der Waals surface area contributed by atoms with Crippen LogP contribution in [-0.4, -0.2) is 21.3 Å². The highest BCUT2D eigenvalue weighted by Crippen LogP contribution is 2.57. The summed E-state index contributed by atoms with van der Waals surface area (Å²) in [6.07, 6.45) is 4.53. The van der Waals surface area contributed by atoms with Gasteiger partial charge in [-0.2, -0.15) is 4.31 Å². The van der Waals surface area contributed by atoms with Gasteiger partial charge in [0.1, 0.15) is 0 Å². The molecule has 1 unspecified atom stereocenters. The molecule has 0 aliphatic rings. The Morgan fingerprint density at radius 2 is 1.84 bits per heavy atom. The molecule has 3 N–H and O–H groups in total. The number of rotatable bonds is 9. The smallest absolute Gasteiger partial charge is 0.302 e. The minimum atomic E-state index is -5.04. The van der Waals surface area contributed by atoms with Crippen molar-refractivity contribution in [3.05, 3.63) is 11.6 Å². The fraction of sp³-hybridized carbons (Fsp3) is 0.800. The van der Waals surface area contributed by atoms with Crippen LogP contribution in [0.25, 0.3) is 0 Å². The summed E-state index contributed by atoms with van der Waals surface area (Å²) in [5.41, 5.74) is 0.983. The number of phosphoric acid groups is 2. The fourth-order valence-corrected chi connectivity index (χ4v) is 2.85. The van der Waals surface area contributed by atoms with Gasteiger partial charge in [0, 0.05) is 0 Å². The van der Waals surface area contributed by atoms with E-state index in [9.17, 15) is 9.13 Å². The molecule has 0 aromatic rings. The standard InChI is InChI=1S/C10H22O7P2/c1-9(2)5-4-6-10(3)7-8-16-19(14,15)17-18(11,12)13/h7,9H,4-6,8H2,1-3H3,(H,14,15)(H2,11,12,13). The van der Waals surface area contributed by atoms with Crippen molar-refractivity contribution in [2.24, 2.45) is 5.92 Å². The van der Waals surface area contributed by atoms with Gasteiger partial charge in [0.2, 0.25) is 0 Å². The van der Waals surface area contributed by atoms with Crippen molar-refractivity contribution in [3.8, 4) is 0 Å². The van der Waals surface area contributed by atoms with E-state index >= 15 is 0 Å². The molecule has 0 amide bonds. The molecule has 0 saturated heterocycles. The Balaban J connectivity index is 4.06. The normalized spacial score (nSPS) is 16.7. The van der Waals surface area contributed by atoms with Gasteiger partial charge in [0.15, 0.2) is 0 Å². The van der Waals surface area contributed by atoms with Crippen LogP contribution in [0.5, 0.6) is 0 Å². The van der Waals surface area contributed by atoms with Crippen LogP contribution in [0.15, 0.2) is 11.6 Å². The van der Waals surface area contributed by atoms with E-state index in [1.54, 1.807) is 6.08 Å². The number of allylic oxidation sites excluding steroid dienone is 1. The van der Waals surface area contributed by atoms with Gasteiger partial charge in [-0.3, -0.25) is 4.52 Å². The van der Waals surface area contributed by atoms with E-state index in [0.717, 1.165) is 24.8 Å². The minimum Gasteiger partial charge on any atom is -0.302 e. The molecular weight excluding hydrogens is 294 g/mol. The predicted molar refractivity (Wildman–Crippen MR) is 71.4 cm³/mol. The highest BCUT2D eigenvalue weighted by atomic mass is 31.3. The van der Waals surface area contributed by atoms with Gasteiger partial charge < -0.3 is 14.7 Å². The molecule has 9 heteroatoms. The van der Waals surface area contributed by atoms with E-state index in [0.29, 0.717) is 5.92 Å². The predicted octanol–water partition coefficient (Wildman–Crippen LogP) is 2.99. The third kappa shape index (κ3) is 12.8. The highest BCUT2D eigenvalue weighted by Gasteiger charge is 2.31. The number of phosphoric ester groups is 1. The average Bonchev–Trinajstić information content (AvgIpc) is 2.12. The van der Waals surface area contributed by atoms with Crippen LogP contribution in [0.2, 0.25) is 0 Å². The van der Waals surface area contributed by atoms with E-state index < -0.39 is 15.6 Å². The number of hydrogen-bond acceptors (Lipinski definition) is 4. The van der Waals surface area contributed by atoms with Crippen molar-refractivity contribution < 1.29 is 32.6 Å². The van der Waals surface area contributed by atoms with Crippen LogP contribution in [0.3, 0.4) is 0 Å². The highest BCUT2D eigenvalue weighted by molar-refractivity contribution is 7.60. The summed E-state index contributed by atoms with van der Waals surface area (Å²) in [4.78, 5) is 25.8. The molecule has 0 fully saturated rings. The molecule has 0 spiro atoms. The third-order valence-corrected chi connectivity index (χ3v) is 4.38. The van der Waals surface area contributed by atoms with Crippen LogP contribution in [0.4, 0.5) is 0 Å². The van der Waals surface area contributed by atoms with E-state index in [4.69, 9.17) is 14.7 Å². The van der Waals surface area contributed by atoms with Crippen LogP contribution < -0.4 is 0 Å². The Kier molecular flexibility index (Phi) is 8.32. The van der Waals surface area contributed by atoms with Crippen molar-refractivity contribution in [2.75, 3.05) is 6.61 Å². The van der Waals surface area contributed by atoms with E-state index in [1.807, 2.05) is 6.92 Å². The lowest BCUT2D eigenvalue weighted by Crippen LogP contribution is -1.95. The molecular formula is C10H22O7P2. The third-order valence-electron chi connectivity index (χ3n) is 2.23. The maximum Gasteiger partial charge on any atom is 0.481 e. The zero-order chi connectivity index (χ0) is 15.1. The quantitative estimate of drug-likeness (QED) is 0.442. The van der Waals surface area contributed by atoms with Crippen LogP contribution in [-0.2, 0) is 18.0 Å². The molecule has 0 bridgehead atoms. The first-order valence-corrected chi connectivity index (χ1v) is 8.94. The summed E-state index contributed by atoms with van der Waals surface area (Å²) in [6.45, 7) is 5.88. The van der Waals surface area contributed by atoms with E-state index in [1.165, 1.54) is 0 Å². The second-order valence-corrected chi connectivity index (χ2v) is 7.50. The monoisotopic (exact) mass is 316 g/mol. The lowest BCUT2D eigenvalue weighted by molar-refractivity contribution is 0.191. The van der Waals surface area contributed by atoms with Crippen molar-refractivity contribution in [2.45, 2.75) is 40.0 Å². The van der Waals surface area contributed by atoms with Gasteiger partial charge in [-0.05, 0) is 25.7 Å². The largest absolute Gasteiger partial charge is 0.481 e. The first-order valence-electron chi connectivity index (χ1n) is 5.91. The Morgan fingerprint density at radius 1 is 1.26 bits per heavy atom. The lowest BCUT2D eigenvalue weighted by atomic mass is 10.0. The molecule has 7 nitrogen and oxygen atoms in total. The van der Waals surface area contributed by atoms with Crippen molar-refractivity contribution >= 4 is 15.6 Å². The molecule has 0 radical (unpaired) electrons. The Bertz CT molecular complexity index is 385. The van der Waals surface area contributed by atoms with Crippen LogP contribution in [0.1, 0.15) is 40.0 Å². The van der Waals surface area contributed by atoms with Crippen molar-refractivity contribution in [3.63, 3.8) is 0 Å². The molecule has 0 saturated carbocycles. The van der Waals surface area contributed by atoms with Crippen molar-refractivity contribution in [1.82, 2.24) is 0 Å². The topological polar surface area (TPSA) is 113 Å². The van der Waals surface area contributed by atoms with Crippen LogP contribution >= 0.6 is 15.6 Å². The second kappa shape index (κ2) is 8.32. The fourth-order valence-electron chi connectivity index (χ4n) is 1.32. The zero-order valence-corrected chi connectivity index (χ0v) is 13.1. The Hall–Kier alpha value is -0.0000000000000000416. The first kappa shape index (κ1) is 19.0. The van der Waals surface area contributed by atoms with E-state index in [2.05, 4.69) is 22.7 Å². The maximum absolute atomic E-state index is 11.1. The maximum atomic E-state index is 11.1. The van der Waals surface area contributed by atoms with Crippen molar-refractivity contribution in [1.29, 1.82) is 0 Å². The van der Waals surface area contributed by atoms with E-state index in [-0.39, 0.29) is 6.61 Å². The SMILES string of the molecule is CC(=CCOP(=O)(O)OP(=O)(O)O)CCCC(C)C. The van der Waals surface area contributed by atoms with Crippen LogP contribution in [0, 0.1) is 5.92 Å². The summed E-state index contributed by atoms with van der Waals surface area (Å²) in [5.74, 6) is 0.623. The summed E-state index contributed by atoms with van der Waals surface area (Å²) in [7, 11) is -9.76. The number of hydrogen-bond donors (Lipinski definition) is 3. The van der Waals surface area contributed by atoms with Gasteiger partial charge in [0.05, 0.1) is 6.61 Å². The summed E-state index contributed by atoms with van der Waals surface area (Å²) < 4.78 is 29.6. The molecule has 0 aromatic carbocycles.